The van der Waals surface area contributed by atoms with E-state index in [1.807, 2.05) is 21.1 Å². The Morgan fingerprint density at radius 3 is 1.28 bits per heavy atom. The number of carbonyl (C=O) groups excluding carboxylic acids is 2. The Balaban J connectivity index is 4.38. The second-order valence-corrected chi connectivity index (χ2v) is 14.4. The molecule has 46 heavy (non-hydrogen) atoms. The Morgan fingerprint density at radius 2 is 0.870 bits per heavy atom. The van der Waals surface area contributed by atoms with E-state index in [9.17, 15) is 9.59 Å². The van der Waals surface area contributed by atoms with E-state index in [0.717, 1.165) is 44.9 Å². The minimum Gasteiger partial charge on any atom is -0.541 e. The number of Topliss-reactive ketones (excluding diaryl/α,β-unsaturated/α-hetero) is 2. The van der Waals surface area contributed by atoms with E-state index < -0.39 is 5.60 Å². The number of likely N-dealkylation sites (N-methyl/N-ethyl adjacent to an activating group) is 1. The molecular formula is C41H74NO3P. The molecule has 1 unspecified atom stereocenters. The molecular weight excluding hydrogens is 585 g/mol. The molecule has 0 saturated heterocycles. The zero-order chi connectivity index (χ0) is 34.2. The predicted molar refractivity (Wildman–Crippen MR) is 204 cm³/mol. The van der Waals surface area contributed by atoms with Crippen molar-refractivity contribution in [3.63, 3.8) is 0 Å². The van der Waals surface area contributed by atoms with E-state index in [0.29, 0.717) is 30.3 Å². The van der Waals surface area contributed by atoms with E-state index in [1.165, 1.54) is 89.9 Å². The van der Waals surface area contributed by atoms with Crippen LogP contribution in [0.4, 0.5) is 0 Å². The van der Waals surface area contributed by atoms with Gasteiger partial charge in [-0.3, -0.25) is 9.59 Å². The van der Waals surface area contributed by atoms with E-state index in [1.54, 1.807) is 0 Å². The van der Waals surface area contributed by atoms with Crippen molar-refractivity contribution in [2.24, 2.45) is 0 Å². The third kappa shape index (κ3) is 25.7. The molecule has 0 aliphatic rings. The van der Waals surface area contributed by atoms with Crippen LogP contribution in [-0.2, 0) is 14.1 Å². The number of hydrogen-bond donors (Lipinski definition) is 0. The van der Waals surface area contributed by atoms with Crippen LogP contribution in [-0.4, -0.2) is 49.3 Å². The van der Waals surface area contributed by atoms with Crippen LogP contribution < -0.4 is 0 Å². The van der Waals surface area contributed by atoms with Crippen LogP contribution >= 0.6 is 9.47 Å². The minimum atomic E-state index is -1.42. The molecule has 5 heteroatoms. The van der Waals surface area contributed by atoms with E-state index >= 15 is 0 Å². The maximum Gasteiger partial charge on any atom is 0.204 e. The molecule has 0 radical (unpaired) electrons. The summed E-state index contributed by atoms with van der Waals surface area (Å²) in [6, 6.07) is 0. The van der Waals surface area contributed by atoms with Gasteiger partial charge in [0.25, 0.3) is 0 Å². The van der Waals surface area contributed by atoms with Crippen LogP contribution in [0.25, 0.3) is 0 Å². The Morgan fingerprint density at radius 1 is 0.522 bits per heavy atom. The molecule has 0 rings (SSSR count). The second-order valence-electron chi connectivity index (χ2n) is 14.2. The molecule has 0 spiro atoms. The number of ketones is 2. The van der Waals surface area contributed by atoms with Crippen molar-refractivity contribution in [1.82, 2.24) is 0 Å². The number of carbonyl (C=O) groups is 2. The van der Waals surface area contributed by atoms with E-state index in [4.69, 9.17) is 4.52 Å². The first-order valence-electron chi connectivity index (χ1n) is 19.0. The normalized spacial score (nSPS) is 14.0. The van der Waals surface area contributed by atoms with Crippen LogP contribution in [0.5, 0.6) is 0 Å². The lowest BCUT2D eigenvalue weighted by Gasteiger charge is -2.39. The average Bonchev–Trinajstić information content (AvgIpc) is 3.02. The summed E-state index contributed by atoms with van der Waals surface area (Å²) in [4.78, 5) is 27.0. The molecule has 1 atom stereocenters. The molecule has 4 nitrogen and oxygen atoms in total. The molecule has 0 saturated carbocycles. The number of hydrogen-bond acceptors (Lipinski definition) is 3. The van der Waals surface area contributed by atoms with Gasteiger partial charge in [-0.1, -0.05) is 152 Å². The molecule has 0 heterocycles. The highest BCUT2D eigenvalue weighted by Crippen LogP contribution is 2.26. The number of allylic oxidation sites excluding steroid dienone is 8. The lowest BCUT2D eigenvalue weighted by Crippen LogP contribution is -2.58. The number of nitrogens with zero attached hydrogens (tertiary/aromatic N) is 1. The lowest BCUT2D eigenvalue weighted by molar-refractivity contribution is -0.873. The van der Waals surface area contributed by atoms with Gasteiger partial charge in [0.05, 0.1) is 21.1 Å². The fourth-order valence-corrected chi connectivity index (χ4v) is 6.09. The van der Waals surface area contributed by atoms with Gasteiger partial charge in [-0.25, -0.2) is 0 Å². The van der Waals surface area contributed by atoms with Gasteiger partial charge in [-0.2, -0.15) is 0 Å². The smallest absolute Gasteiger partial charge is 0.204 e. The maximum atomic E-state index is 13.5. The SMILES string of the molecule is CCCCC/C=C\C/C=C\C/C=C\C/C=C\CCCC(=O)C(C[N+](C)(C)C)(O[PH-])C(=O)CCCCCCCCCCCCCCC. The Hall–Kier alpha value is -1.35. The van der Waals surface area contributed by atoms with Crippen molar-refractivity contribution in [3.8, 4) is 0 Å². The van der Waals surface area contributed by atoms with Gasteiger partial charge in [-0.15, -0.1) is 0 Å². The summed E-state index contributed by atoms with van der Waals surface area (Å²) in [6.45, 7) is 4.84. The third-order valence-corrected chi connectivity index (χ3v) is 8.86. The highest BCUT2D eigenvalue weighted by molar-refractivity contribution is 7.10. The Labute approximate surface area is 288 Å². The molecule has 0 bridgehead atoms. The third-order valence-electron chi connectivity index (χ3n) is 8.51. The van der Waals surface area contributed by atoms with Gasteiger partial charge in [0.1, 0.15) is 6.54 Å². The average molecular weight is 660 g/mol. The topological polar surface area (TPSA) is 43.4 Å². The summed E-state index contributed by atoms with van der Waals surface area (Å²) in [6.07, 6.45) is 44.4. The first-order valence-corrected chi connectivity index (χ1v) is 19.5. The Kier molecular flexibility index (Phi) is 30.0. The van der Waals surface area contributed by atoms with E-state index in [2.05, 4.69) is 71.9 Å². The summed E-state index contributed by atoms with van der Waals surface area (Å²) in [7, 11) is 9.19. The highest BCUT2D eigenvalue weighted by Gasteiger charge is 2.46. The molecule has 0 aliphatic heterocycles. The molecule has 0 N–H and O–H groups in total. The van der Waals surface area contributed by atoms with E-state index in [-0.39, 0.29) is 11.6 Å². The number of unbranched alkanes of at least 4 members (excludes halogenated alkanes) is 16. The Bertz CT molecular complexity index is 854. The maximum absolute atomic E-state index is 13.5. The molecule has 0 fully saturated rings. The van der Waals surface area contributed by atoms with Crippen LogP contribution in [0, 0.1) is 0 Å². The van der Waals surface area contributed by atoms with Crippen LogP contribution in [0.3, 0.4) is 0 Å². The van der Waals surface area contributed by atoms with Crippen LogP contribution in [0.1, 0.15) is 168 Å². The number of rotatable bonds is 33. The second kappa shape index (κ2) is 31.0. The van der Waals surface area contributed by atoms with Crippen molar-refractivity contribution < 1.29 is 18.6 Å². The van der Waals surface area contributed by atoms with Gasteiger partial charge in [0, 0.05) is 12.8 Å². The lowest BCUT2D eigenvalue weighted by atomic mass is 9.86. The van der Waals surface area contributed by atoms with Gasteiger partial charge in [0.15, 0.2) is 11.6 Å². The standard InChI is InChI=1S/C41H74NO3P/c1-6-8-10-12-14-16-18-20-21-22-23-25-27-29-31-33-35-37-40(44)41(45-46,38-42(3,4)5)39(43)36-34-32-30-28-26-24-19-17-15-13-11-9-7-2/h14,16,20-21,23,25,29,31,46H,6-13,15,17-19,22,24,26-28,30,32-38H2,1-5H3/b16-14-,21-20-,25-23-,31-29-. The summed E-state index contributed by atoms with van der Waals surface area (Å²) < 4.78 is 6.12. The summed E-state index contributed by atoms with van der Waals surface area (Å²) in [5.41, 5.74) is -1.42. The summed E-state index contributed by atoms with van der Waals surface area (Å²) in [5.74, 6) is -0.188. The molecule has 0 amide bonds. The summed E-state index contributed by atoms with van der Waals surface area (Å²) >= 11 is 0. The molecule has 0 aromatic carbocycles. The van der Waals surface area contributed by atoms with Gasteiger partial charge < -0.3 is 18.5 Å². The van der Waals surface area contributed by atoms with Gasteiger partial charge in [0.2, 0.25) is 5.60 Å². The fraction of sp³-hybridized carbons (Fsp3) is 0.756. The molecule has 266 valence electrons. The fourth-order valence-electron chi connectivity index (χ4n) is 5.79. The molecule has 0 aromatic rings. The molecule has 0 aliphatic carbocycles. The monoisotopic (exact) mass is 660 g/mol. The van der Waals surface area contributed by atoms with Crippen molar-refractivity contribution in [3.05, 3.63) is 48.6 Å². The minimum absolute atomic E-state index is 0.0821. The van der Waals surface area contributed by atoms with Crippen molar-refractivity contribution in [2.75, 3.05) is 27.7 Å². The van der Waals surface area contributed by atoms with Crippen molar-refractivity contribution in [2.45, 2.75) is 174 Å². The predicted octanol–water partition coefficient (Wildman–Crippen LogP) is 12.3. The van der Waals surface area contributed by atoms with Crippen LogP contribution in [0.2, 0.25) is 0 Å². The first-order chi connectivity index (χ1) is 22.2. The largest absolute Gasteiger partial charge is 0.541 e. The zero-order valence-corrected chi connectivity index (χ0v) is 32.0. The quantitative estimate of drug-likeness (QED) is 0.0231. The highest BCUT2D eigenvalue weighted by atomic mass is 31.0. The number of quaternary nitrogens is 1. The molecule has 0 aromatic heterocycles. The van der Waals surface area contributed by atoms with Gasteiger partial charge in [-0.05, 0) is 51.4 Å². The van der Waals surface area contributed by atoms with Gasteiger partial charge >= 0.3 is 0 Å². The zero-order valence-electron chi connectivity index (χ0n) is 31.0. The van der Waals surface area contributed by atoms with Crippen molar-refractivity contribution >= 4 is 21.0 Å². The van der Waals surface area contributed by atoms with Crippen molar-refractivity contribution in [1.29, 1.82) is 0 Å². The summed E-state index contributed by atoms with van der Waals surface area (Å²) in [5, 5.41) is 0. The van der Waals surface area contributed by atoms with Crippen LogP contribution in [0.15, 0.2) is 48.6 Å². The first kappa shape index (κ1) is 44.6.